The topological polar surface area (TPSA) is 80.1 Å². The fourth-order valence-electron chi connectivity index (χ4n) is 1.21. The molecule has 0 saturated carbocycles. The Hall–Kier alpha value is -1.28. The number of hydrogen-bond acceptors (Lipinski definition) is 7. The SMILES string of the molecule is CNC(=C[N+](=O)[O-])NCCSCc1csc(C)n1. The molecule has 8 heteroatoms. The van der Waals surface area contributed by atoms with Crippen LogP contribution in [0.4, 0.5) is 0 Å². The van der Waals surface area contributed by atoms with Crippen molar-refractivity contribution in [2.24, 2.45) is 0 Å². The molecule has 0 aliphatic heterocycles. The molecule has 2 N–H and O–H groups in total. The fourth-order valence-corrected chi connectivity index (χ4v) is 2.68. The Labute approximate surface area is 114 Å². The van der Waals surface area contributed by atoms with E-state index in [0.717, 1.165) is 28.4 Å². The van der Waals surface area contributed by atoms with E-state index in [-0.39, 0.29) is 0 Å². The van der Waals surface area contributed by atoms with Gasteiger partial charge in [-0.1, -0.05) is 0 Å². The van der Waals surface area contributed by atoms with Gasteiger partial charge in [0.1, 0.15) is 0 Å². The summed E-state index contributed by atoms with van der Waals surface area (Å²) in [4.78, 5) is 14.2. The molecule has 0 aromatic carbocycles. The van der Waals surface area contributed by atoms with Gasteiger partial charge in [0.15, 0.2) is 5.82 Å². The minimum atomic E-state index is -0.482. The lowest BCUT2D eigenvalue weighted by atomic mass is 10.6. The van der Waals surface area contributed by atoms with Crippen molar-refractivity contribution in [2.75, 3.05) is 19.3 Å². The molecule has 0 amide bonds. The maximum Gasteiger partial charge on any atom is 0.274 e. The van der Waals surface area contributed by atoms with E-state index in [9.17, 15) is 10.1 Å². The average molecular weight is 288 g/mol. The molecule has 0 saturated heterocycles. The van der Waals surface area contributed by atoms with Crippen molar-refractivity contribution >= 4 is 23.1 Å². The zero-order valence-electron chi connectivity index (χ0n) is 10.3. The Morgan fingerprint density at radius 3 is 3.06 bits per heavy atom. The van der Waals surface area contributed by atoms with Crippen LogP contribution in [0.1, 0.15) is 10.7 Å². The molecule has 100 valence electrons. The summed E-state index contributed by atoms with van der Waals surface area (Å²) in [7, 11) is 1.65. The number of thioether (sulfide) groups is 1. The predicted molar refractivity (Wildman–Crippen MR) is 75.2 cm³/mol. The third-order valence-electron chi connectivity index (χ3n) is 1.98. The predicted octanol–water partition coefficient (Wildman–Crippen LogP) is 1.57. The normalized spacial score (nSPS) is 11.3. The minimum absolute atomic E-state index is 0.421. The number of nitrogens with zero attached hydrogens (tertiary/aromatic N) is 2. The second kappa shape index (κ2) is 7.93. The van der Waals surface area contributed by atoms with Gasteiger partial charge in [0.2, 0.25) is 0 Å². The molecule has 0 atom stereocenters. The summed E-state index contributed by atoms with van der Waals surface area (Å²) in [5.41, 5.74) is 1.09. The van der Waals surface area contributed by atoms with Crippen LogP contribution in [0.3, 0.4) is 0 Å². The number of aryl methyl sites for hydroxylation is 1. The summed E-state index contributed by atoms with van der Waals surface area (Å²) in [5, 5.41) is 19.1. The van der Waals surface area contributed by atoms with E-state index < -0.39 is 4.92 Å². The van der Waals surface area contributed by atoms with Gasteiger partial charge in [0.25, 0.3) is 6.20 Å². The van der Waals surface area contributed by atoms with Crippen LogP contribution in [-0.4, -0.2) is 29.3 Å². The van der Waals surface area contributed by atoms with Gasteiger partial charge >= 0.3 is 0 Å². The Morgan fingerprint density at radius 1 is 1.72 bits per heavy atom. The maximum absolute atomic E-state index is 10.3. The number of nitrogens with one attached hydrogen (secondary N) is 2. The minimum Gasteiger partial charge on any atom is -0.370 e. The Balaban J connectivity index is 2.16. The Bertz CT molecular complexity index is 420. The van der Waals surface area contributed by atoms with E-state index in [1.807, 2.05) is 6.92 Å². The van der Waals surface area contributed by atoms with Crippen LogP contribution in [0.5, 0.6) is 0 Å². The van der Waals surface area contributed by atoms with Crippen molar-refractivity contribution in [2.45, 2.75) is 12.7 Å². The molecule has 0 aliphatic carbocycles. The third-order valence-corrected chi connectivity index (χ3v) is 3.80. The molecule has 0 aliphatic rings. The van der Waals surface area contributed by atoms with E-state index in [2.05, 4.69) is 21.0 Å². The van der Waals surface area contributed by atoms with Crippen molar-refractivity contribution in [3.05, 3.63) is 38.2 Å². The number of thiazole rings is 1. The average Bonchev–Trinajstić information content (AvgIpc) is 2.72. The first-order valence-electron chi connectivity index (χ1n) is 5.37. The lowest BCUT2D eigenvalue weighted by Gasteiger charge is -2.06. The molecule has 1 rings (SSSR count). The van der Waals surface area contributed by atoms with Gasteiger partial charge in [-0.25, -0.2) is 4.98 Å². The summed E-state index contributed by atoms with van der Waals surface area (Å²) < 4.78 is 0. The summed E-state index contributed by atoms with van der Waals surface area (Å²) in [6.07, 6.45) is 0.925. The van der Waals surface area contributed by atoms with Crippen LogP contribution in [0.2, 0.25) is 0 Å². The first-order valence-corrected chi connectivity index (χ1v) is 7.41. The van der Waals surface area contributed by atoms with Crippen molar-refractivity contribution in [1.29, 1.82) is 0 Å². The summed E-state index contributed by atoms with van der Waals surface area (Å²) in [5.74, 6) is 2.16. The summed E-state index contributed by atoms with van der Waals surface area (Å²) in [6.45, 7) is 2.66. The van der Waals surface area contributed by atoms with E-state index in [1.54, 1.807) is 30.1 Å². The van der Waals surface area contributed by atoms with Gasteiger partial charge in [-0.2, -0.15) is 11.8 Å². The quantitative estimate of drug-likeness (QED) is 0.429. The molecule has 0 radical (unpaired) electrons. The molecule has 6 nitrogen and oxygen atoms in total. The second-order valence-corrected chi connectivity index (χ2v) is 5.58. The van der Waals surface area contributed by atoms with E-state index >= 15 is 0 Å². The fraction of sp³-hybridized carbons (Fsp3) is 0.500. The van der Waals surface area contributed by atoms with Crippen molar-refractivity contribution in [1.82, 2.24) is 15.6 Å². The number of rotatable bonds is 8. The number of hydrogen-bond donors (Lipinski definition) is 2. The molecule has 0 spiro atoms. The number of aromatic nitrogens is 1. The van der Waals surface area contributed by atoms with Crippen molar-refractivity contribution in [3.63, 3.8) is 0 Å². The second-order valence-electron chi connectivity index (χ2n) is 3.42. The first kappa shape index (κ1) is 14.8. The number of nitro groups is 1. The molecule has 0 fully saturated rings. The summed E-state index contributed by atoms with van der Waals surface area (Å²) >= 11 is 3.40. The first-order chi connectivity index (χ1) is 8.61. The van der Waals surface area contributed by atoms with E-state index in [1.165, 1.54) is 0 Å². The van der Waals surface area contributed by atoms with Crippen LogP contribution in [0.25, 0.3) is 0 Å². The van der Waals surface area contributed by atoms with Gasteiger partial charge < -0.3 is 10.6 Å². The van der Waals surface area contributed by atoms with Gasteiger partial charge in [-0.15, -0.1) is 11.3 Å². The molecule has 0 bridgehead atoms. The zero-order valence-corrected chi connectivity index (χ0v) is 11.9. The van der Waals surface area contributed by atoms with Crippen LogP contribution >= 0.6 is 23.1 Å². The molecule has 18 heavy (non-hydrogen) atoms. The highest BCUT2D eigenvalue weighted by Gasteiger charge is 2.00. The Kier molecular flexibility index (Phi) is 6.51. The highest BCUT2D eigenvalue weighted by molar-refractivity contribution is 7.98. The monoisotopic (exact) mass is 288 g/mol. The van der Waals surface area contributed by atoms with E-state index in [4.69, 9.17) is 0 Å². The molecular weight excluding hydrogens is 272 g/mol. The van der Waals surface area contributed by atoms with Gasteiger partial charge in [-0.3, -0.25) is 10.1 Å². The smallest absolute Gasteiger partial charge is 0.274 e. The van der Waals surface area contributed by atoms with E-state index in [0.29, 0.717) is 12.4 Å². The standard InChI is InChI=1S/C10H16N4O2S2/c1-8-13-9(7-18-8)6-17-4-3-12-10(11-2)5-14(15)16/h5,7,11-12H,3-4,6H2,1-2H3. The largest absolute Gasteiger partial charge is 0.370 e. The van der Waals surface area contributed by atoms with Gasteiger partial charge in [0.05, 0.1) is 15.6 Å². The molecule has 1 heterocycles. The van der Waals surface area contributed by atoms with Crippen LogP contribution in [-0.2, 0) is 5.75 Å². The molecular formula is C10H16N4O2S2. The lowest BCUT2D eigenvalue weighted by molar-refractivity contribution is -0.404. The Morgan fingerprint density at radius 2 is 2.50 bits per heavy atom. The summed E-state index contributed by atoms with van der Waals surface area (Å²) in [6, 6.07) is 0. The van der Waals surface area contributed by atoms with Crippen LogP contribution in [0, 0.1) is 17.0 Å². The van der Waals surface area contributed by atoms with Crippen LogP contribution < -0.4 is 10.6 Å². The lowest BCUT2D eigenvalue weighted by Crippen LogP contribution is -2.26. The zero-order chi connectivity index (χ0) is 13.4. The highest BCUT2D eigenvalue weighted by Crippen LogP contribution is 2.14. The third kappa shape index (κ3) is 5.87. The van der Waals surface area contributed by atoms with Crippen molar-refractivity contribution < 1.29 is 4.92 Å². The van der Waals surface area contributed by atoms with Crippen LogP contribution in [0.15, 0.2) is 17.4 Å². The molecule has 0 unspecified atom stereocenters. The molecule has 1 aromatic heterocycles. The molecule has 1 aromatic rings. The van der Waals surface area contributed by atoms with Gasteiger partial charge in [-0.05, 0) is 6.92 Å². The van der Waals surface area contributed by atoms with Crippen molar-refractivity contribution in [3.8, 4) is 0 Å². The highest BCUT2D eigenvalue weighted by atomic mass is 32.2. The maximum atomic E-state index is 10.3. The van der Waals surface area contributed by atoms with Gasteiger partial charge in [0, 0.05) is 30.5 Å².